The van der Waals surface area contributed by atoms with Gasteiger partial charge in [-0.2, -0.15) is 0 Å². The fourth-order valence-electron chi connectivity index (χ4n) is 2.56. The number of esters is 2. The maximum Gasteiger partial charge on any atom is 0.310 e. The van der Waals surface area contributed by atoms with Crippen molar-refractivity contribution < 1.29 is 19.1 Å². The van der Waals surface area contributed by atoms with Crippen LogP contribution in [0.2, 0.25) is 0 Å². The smallest absolute Gasteiger partial charge is 0.310 e. The molecule has 0 amide bonds. The van der Waals surface area contributed by atoms with Crippen molar-refractivity contribution in [2.24, 2.45) is 23.7 Å². The van der Waals surface area contributed by atoms with Crippen LogP contribution in [0.25, 0.3) is 0 Å². The molecular weight excluding hydrogens is 256 g/mol. The first-order valence-electron chi connectivity index (χ1n) is 7.54. The van der Waals surface area contributed by atoms with Gasteiger partial charge in [0.15, 0.2) is 0 Å². The van der Waals surface area contributed by atoms with Crippen LogP contribution in [0.5, 0.6) is 0 Å². The van der Waals surface area contributed by atoms with E-state index in [1.54, 1.807) is 0 Å². The summed E-state index contributed by atoms with van der Waals surface area (Å²) < 4.78 is 10.5. The second-order valence-corrected chi connectivity index (χ2v) is 5.49. The fourth-order valence-corrected chi connectivity index (χ4v) is 2.56. The van der Waals surface area contributed by atoms with Crippen molar-refractivity contribution >= 4 is 11.9 Å². The molecule has 4 nitrogen and oxygen atoms in total. The van der Waals surface area contributed by atoms with Gasteiger partial charge in [-0.3, -0.25) is 9.59 Å². The van der Waals surface area contributed by atoms with E-state index >= 15 is 0 Å². The highest BCUT2D eigenvalue weighted by Crippen LogP contribution is 2.36. The third kappa shape index (κ3) is 4.09. The van der Waals surface area contributed by atoms with Gasteiger partial charge >= 0.3 is 11.9 Å². The molecule has 0 saturated heterocycles. The van der Waals surface area contributed by atoms with E-state index in [-0.39, 0.29) is 23.8 Å². The summed E-state index contributed by atoms with van der Waals surface area (Å²) in [4.78, 5) is 24.5. The van der Waals surface area contributed by atoms with Gasteiger partial charge in [-0.05, 0) is 24.7 Å². The topological polar surface area (TPSA) is 52.6 Å². The van der Waals surface area contributed by atoms with Gasteiger partial charge in [0, 0.05) is 0 Å². The number of allylic oxidation sites excluding steroid dienone is 2. The molecule has 1 aliphatic rings. The second-order valence-electron chi connectivity index (χ2n) is 5.49. The molecule has 4 heteroatoms. The Bertz CT molecular complexity index is 327. The molecule has 0 radical (unpaired) electrons. The maximum absolute atomic E-state index is 12.2. The third-order valence-electron chi connectivity index (χ3n) is 3.68. The third-order valence-corrected chi connectivity index (χ3v) is 3.68. The van der Waals surface area contributed by atoms with Crippen molar-refractivity contribution in [1.29, 1.82) is 0 Å². The quantitative estimate of drug-likeness (QED) is 0.555. The number of carbonyl (C=O) groups is 2. The average Bonchev–Trinajstić information content (AvgIpc) is 2.44. The molecule has 114 valence electrons. The molecule has 20 heavy (non-hydrogen) atoms. The van der Waals surface area contributed by atoms with Crippen LogP contribution in [0.4, 0.5) is 0 Å². The Balaban J connectivity index is 2.86. The predicted molar refractivity (Wildman–Crippen MR) is 76.9 cm³/mol. The van der Waals surface area contributed by atoms with Crippen LogP contribution >= 0.6 is 0 Å². The highest BCUT2D eigenvalue weighted by molar-refractivity contribution is 5.83. The minimum atomic E-state index is -0.439. The summed E-state index contributed by atoms with van der Waals surface area (Å²) in [6.45, 7) is 8.59. The number of rotatable bonds is 6. The zero-order valence-corrected chi connectivity index (χ0v) is 12.9. The molecule has 4 unspecified atom stereocenters. The van der Waals surface area contributed by atoms with Gasteiger partial charge in [0.25, 0.3) is 0 Å². The molecule has 1 aliphatic carbocycles. The van der Waals surface area contributed by atoms with Crippen molar-refractivity contribution in [3.05, 3.63) is 12.2 Å². The standard InChI is InChI=1S/C16H26O4/c1-5-9-19-15(17)13-11(3)7-8-12(4)14(13)16(18)20-10-6-2/h7-8,11-14H,5-6,9-10H2,1-4H3. The predicted octanol–water partition coefficient (Wildman–Crippen LogP) is 2.97. The van der Waals surface area contributed by atoms with Gasteiger partial charge < -0.3 is 9.47 Å². The van der Waals surface area contributed by atoms with E-state index in [0.717, 1.165) is 12.8 Å². The Kier molecular flexibility index (Phi) is 6.76. The first-order chi connectivity index (χ1) is 9.52. The van der Waals surface area contributed by atoms with Crippen LogP contribution in [0.3, 0.4) is 0 Å². The number of hydrogen-bond acceptors (Lipinski definition) is 4. The van der Waals surface area contributed by atoms with Crippen molar-refractivity contribution in [1.82, 2.24) is 0 Å². The summed E-state index contributed by atoms with van der Waals surface area (Å²) in [5, 5.41) is 0. The summed E-state index contributed by atoms with van der Waals surface area (Å²) in [5.74, 6) is -1.45. The summed E-state index contributed by atoms with van der Waals surface area (Å²) in [7, 11) is 0. The maximum atomic E-state index is 12.2. The summed E-state index contributed by atoms with van der Waals surface area (Å²) in [6.07, 6.45) is 5.55. The van der Waals surface area contributed by atoms with Gasteiger partial charge in [-0.25, -0.2) is 0 Å². The van der Waals surface area contributed by atoms with Crippen LogP contribution in [-0.2, 0) is 19.1 Å². The first kappa shape index (κ1) is 16.7. The fraction of sp³-hybridized carbons (Fsp3) is 0.750. The SMILES string of the molecule is CCCOC(=O)C1C(C)C=CC(C)C1C(=O)OCCC. The molecule has 0 aromatic heterocycles. The zero-order valence-electron chi connectivity index (χ0n) is 12.9. The van der Waals surface area contributed by atoms with E-state index in [0.29, 0.717) is 13.2 Å². The Morgan fingerprint density at radius 2 is 1.20 bits per heavy atom. The minimum absolute atomic E-state index is 0.00488. The molecule has 0 aromatic carbocycles. The molecule has 4 atom stereocenters. The average molecular weight is 282 g/mol. The molecule has 0 bridgehead atoms. The van der Waals surface area contributed by atoms with E-state index in [1.165, 1.54) is 0 Å². The Morgan fingerprint density at radius 1 is 0.850 bits per heavy atom. The van der Waals surface area contributed by atoms with Gasteiger partial charge in [0.1, 0.15) is 0 Å². The molecular formula is C16H26O4. The van der Waals surface area contributed by atoms with Gasteiger partial charge in [0.05, 0.1) is 25.0 Å². The Morgan fingerprint density at radius 3 is 1.50 bits per heavy atom. The number of carbonyl (C=O) groups excluding carboxylic acids is 2. The number of ether oxygens (including phenoxy) is 2. The minimum Gasteiger partial charge on any atom is -0.465 e. The molecule has 0 heterocycles. The molecule has 1 rings (SSSR count). The molecule has 0 spiro atoms. The zero-order chi connectivity index (χ0) is 15.1. The van der Waals surface area contributed by atoms with Gasteiger partial charge in [0.2, 0.25) is 0 Å². The summed E-state index contributed by atoms with van der Waals surface area (Å²) in [5.41, 5.74) is 0. The first-order valence-corrected chi connectivity index (χ1v) is 7.54. The lowest BCUT2D eigenvalue weighted by atomic mass is 9.71. The largest absolute Gasteiger partial charge is 0.465 e. The molecule has 0 N–H and O–H groups in total. The molecule has 0 saturated carbocycles. The summed E-state index contributed by atoms with van der Waals surface area (Å²) >= 11 is 0. The van der Waals surface area contributed by atoms with Crippen LogP contribution in [-0.4, -0.2) is 25.2 Å². The highest BCUT2D eigenvalue weighted by Gasteiger charge is 2.43. The van der Waals surface area contributed by atoms with Crippen molar-refractivity contribution in [3.8, 4) is 0 Å². The molecule has 0 aliphatic heterocycles. The van der Waals surface area contributed by atoms with Gasteiger partial charge in [-0.15, -0.1) is 0 Å². The Labute approximate surface area is 121 Å². The second kappa shape index (κ2) is 8.08. The molecule has 0 aromatic rings. The summed E-state index contributed by atoms with van der Waals surface area (Å²) in [6, 6.07) is 0. The molecule has 0 fully saturated rings. The van der Waals surface area contributed by atoms with Crippen LogP contribution < -0.4 is 0 Å². The lowest BCUT2D eigenvalue weighted by Crippen LogP contribution is -2.41. The van der Waals surface area contributed by atoms with Crippen LogP contribution in [0.15, 0.2) is 12.2 Å². The van der Waals surface area contributed by atoms with Crippen molar-refractivity contribution in [3.63, 3.8) is 0 Å². The normalized spacial score (nSPS) is 29.0. The van der Waals surface area contributed by atoms with E-state index in [4.69, 9.17) is 9.47 Å². The van der Waals surface area contributed by atoms with Crippen LogP contribution in [0.1, 0.15) is 40.5 Å². The lowest BCUT2D eigenvalue weighted by Gasteiger charge is -2.33. The van der Waals surface area contributed by atoms with E-state index in [1.807, 2.05) is 39.8 Å². The number of hydrogen-bond donors (Lipinski definition) is 0. The van der Waals surface area contributed by atoms with Gasteiger partial charge in [-0.1, -0.05) is 39.8 Å². The monoisotopic (exact) mass is 282 g/mol. The Hall–Kier alpha value is -1.32. The van der Waals surface area contributed by atoms with E-state index < -0.39 is 11.8 Å². The lowest BCUT2D eigenvalue weighted by molar-refractivity contribution is -0.164. The van der Waals surface area contributed by atoms with Crippen LogP contribution in [0, 0.1) is 23.7 Å². The highest BCUT2D eigenvalue weighted by atomic mass is 16.5. The van der Waals surface area contributed by atoms with E-state index in [9.17, 15) is 9.59 Å². The van der Waals surface area contributed by atoms with Crippen molar-refractivity contribution in [2.45, 2.75) is 40.5 Å². The van der Waals surface area contributed by atoms with E-state index in [2.05, 4.69) is 0 Å². The van der Waals surface area contributed by atoms with Crippen molar-refractivity contribution in [2.75, 3.05) is 13.2 Å².